The maximum absolute atomic E-state index is 12.2. The van der Waals surface area contributed by atoms with Gasteiger partial charge in [0.1, 0.15) is 0 Å². The fraction of sp³-hybridized carbons (Fsp3) is 0.235. The monoisotopic (exact) mass is 253 g/mol. The molecule has 2 N–H and O–H groups in total. The average Bonchev–Trinajstić information content (AvgIpc) is 2.48. The molecule has 2 rings (SSSR count). The van der Waals surface area contributed by atoms with Gasteiger partial charge in [-0.15, -0.1) is 0 Å². The third-order valence-electron chi connectivity index (χ3n) is 3.37. The third-order valence-corrected chi connectivity index (χ3v) is 3.37. The molecule has 0 heterocycles. The Hall–Kier alpha value is -1.93. The van der Waals surface area contributed by atoms with E-state index in [0.29, 0.717) is 13.0 Å². The third kappa shape index (κ3) is 3.30. The smallest absolute Gasteiger partial charge is 0.167 e. The molecule has 0 unspecified atom stereocenters. The van der Waals surface area contributed by atoms with Crippen LogP contribution in [0, 0.1) is 0 Å². The molecular formula is C17H19NO. The summed E-state index contributed by atoms with van der Waals surface area (Å²) in [4.78, 5) is 12.2. The normalized spacial score (nSPS) is 10.4. The predicted octanol–water partition coefficient (Wildman–Crippen LogP) is 3.13. The second-order valence-electron chi connectivity index (χ2n) is 4.62. The van der Waals surface area contributed by atoms with Crippen LogP contribution in [0.3, 0.4) is 0 Å². The van der Waals surface area contributed by atoms with Crippen molar-refractivity contribution in [3.8, 4) is 0 Å². The summed E-state index contributed by atoms with van der Waals surface area (Å²) in [5, 5.41) is 0. The number of aryl methyl sites for hydroxylation is 1. The van der Waals surface area contributed by atoms with Gasteiger partial charge in [-0.3, -0.25) is 4.79 Å². The highest BCUT2D eigenvalue weighted by molar-refractivity contribution is 5.97. The van der Waals surface area contributed by atoms with Crippen molar-refractivity contribution in [2.45, 2.75) is 26.3 Å². The first-order valence-electron chi connectivity index (χ1n) is 6.63. The zero-order valence-corrected chi connectivity index (χ0v) is 11.2. The van der Waals surface area contributed by atoms with Crippen molar-refractivity contribution in [1.29, 1.82) is 0 Å². The molecular weight excluding hydrogens is 234 g/mol. The molecule has 0 atom stereocenters. The minimum absolute atomic E-state index is 0.142. The molecule has 0 amide bonds. The molecule has 98 valence electrons. The van der Waals surface area contributed by atoms with E-state index in [1.165, 1.54) is 5.56 Å². The average molecular weight is 253 g/mol. The van der Waals surface area contributed by atoms with Gasteiger partial charge in [0.25, 0.3) is 0 Å². The van der Waals surface area contributed by atoms with Crippen molar-refractivity contribution in [2.24, 2.45) is 5.73 Å². The lowest BCUT2D eigenvalue weighted by Crippen LogP contribution is -2.08. The van der Waals surface area contributed by atoms with Crippen molar-refractivity contribution in [2.75, 3.05) is 0 Å². The minimum Gasteiger partial charge on any atom is -0.326 e. The molecule has 2 nitrogen and oxygen atoms in total. The highest BCUT2D eigenvalue weighted by atomic mass is 16.1. The highest BCUT2D eigenvalue weighted by Gasteiger charge is 2.09. The summed E-state index contributed by atoms with van der Waals surface area (Å²) >= 11 is 0. The number of rotatable bonds is 5. The summed E-state index contributed by atoms with van der Waals surface area (Å²) < 4.78 is 0. The first-order valence-corrected chi connectivity index (χ1v) is 6.63. The van der Waals surface area contributed by atoms with Crippen LogP contribution in [-0.2, 0) is 19.4 Å². The van der Waals surface area contributed by atoms with Gasteiger partial charge in [-0.1, -0.05) is 55.5 Å². The Balaban J connectivity index is 2.16. The van der Waals surface area contributed by atoms with Gasteiger partial charge >= 0.3 is 0 Å². The first-order chi connectivity index (χ1) is 9.24. The number of benzene rings is 2. The van der Waals surface area contributed by atoms with Crippen molar-refractivity contribution in [3.05, 3.63) is 70.8 Å². The van der Waals surface area contributed by atoms with Crippen LogP contribution in [0.4, 0.5) is 0 Å². The van der Waals surface area contributed by atoms with Crippen LogP contribution in [0.25, 0.3) is 0 Å². The molecule has 0 aromatic heterocycles. The van der Waals surface area contributed by atoms with Gasteiger partial charge in [0.05, 0.1) is 0 Å². The molecule has 19 heavy (non-hydrogen) atoms. The Morgan fingerprint density at radius 3 is 2.21 bits per heavy atom. The Kier molecular flexibility index (Phi) is 4.48. The summed E-state index contributed by atoms with van der Waals surface area (Å²) in [6.07, 6.45) is 1.41. The van der Waals surface area contributed by atoms with E-state index in [-0.39, 0.29) is 5.78 Å². The lowest BCUT2D eigenvalue weighted by molar-refractivity contribution is 0.0992. The van der Waals surface area contributed by atoms with Gasteiger partial charge in [0.15, 0.2) is 5.78 Å². The van der Waals surface area contributed by atoms with Crippen LogP contribution in [0.2, 0.25) is 0 Å². The van der Waals surface area contributed by atoms with Gasteiger partial charge in [0.2, 0.25) is 0 Å². The molecule has 2 heteroatoms. The van der Waals surface area contributed by atoms with Gasteiger partial charge in [-0.25, -0.2) is 0 Å². The summed E-state index contributed by atoms with van der Waals surface area (Å²) in [6, 6.07) is 15.7. The van der Waals surface area contributed by atoms with Crippen LogP contribution >= 0.6 is 0 Å². The molecule has 0 bridgehead atoms. The molecule has 2 aromatic rings. The maximum atomic E-state index is 12.2. The molecule has 0 aliphatic heterocycles. The highest BCUT2D eigenvalue weighted by Crippen LogP contribution is 2.13. The second-order valence-corrected chi connectivity index (χ2v) is 4.62. The van der Waals surface area contributed by atoms with E-state index in [9.17, 15) is 4.79 Å². The van der Waals surface area contributed by atoms with Crippen LogP contribution < -0.4 is 5.73 Å². The van der Waals surface area contributed by atoms with E-state index in [4.69, 9.17) is 5.73 Å². The fourth-order valence-electron chi connectivity index (χ4n) is 2.13. The molecule has 2 aromatic carbocycles. The predicted molar refractivity (Wildman–Crippen MR) is 78.2 cm³/mol. The fourth-order valence-corrected chi connectivity index (χ4v) is 2.13. The Morgan fingerprint density at radius 1 is 1.00 bits per heavy atom. The number of carbonyl (C=O) groups is 1. The molecule has 0 saturated carbocycles. The Morgan fingerprint density at radius 2 is 1.63 bits per heavy atom. The SMILES string of the molecule is CCc1ccc(C(=O)Cc2ccccc2CN)cc1. The number of carbonyl (C=O) groups excluding carboxylic acids is 1. The van der Waals surface area contributed by atoms with Gasteiger partial charge in [-0.05, 0) is 23.1 Å². The lowest BCUT2D eigenvalue weighted by atomic mass is 9.98. The Bertz CT molecular complexity index is 558. The number of nitrogens with two attached hydrogens (primary N) is 1. The van der Waals surface area contributed by atoms with Crippen molar-refractivity contribution < 1.29 is 4.79 Å². The zero-order valence-electron chi connectivity index (χ0n) is 11.2. The molecule has 0 fully saturated rings. The van der Waals surface area contributed by atoms with E-state index in [1.54, 1.807) is 0 Å². The maximum Gasteiger partial charge on any atom is 0.167 e. The zero-order chi connectivity index (χ0) is 13.7. The van der Waals surface area contributed by atoms with Crippen molar-refractivity contribution in [3.63, 3.8) is 0 Å². The molecule has 0 spiro atoms. The largest absolute Gasteiger partial charge is 0.326 e. The Labute approximate surface area is 114 Å². The standard InChI is InChI=1S/C17H19NO/c1-2-13-7-9-14(10-8-13)17(19)11-15-5-3-4-6-16(15)12-18/h3-10H,2,11-12,18H2,1H3. The van der Waals surface area contributed by atoms with Gasteiger partial charge in [-0.2, -0.15) is 0 Å². The van der Waals surface area contributed by atoms with Crippen molar-refractivity contribution in [1.82, 2.24) is 0 Å². The quantitative estimate of drug-likeness (QED) is 0.832. The number of ketones is 1. The summed E-state index contributed by atoms with van der Waals surface area (Å²) in [5.41, 5.74) is 9.77. The first kappa shape index (κ1) is 13.5. The molecule has 0 radical (unpaired) electrons. The minimum atomic E-state index is 0.142. The van der Waals surface area contributed by atoms with E-state index < -0.39 is 0 Å². The number of hydrogen-bond acceptors (Lipinski definition) is 2. The van der Waals surface area contributed by atoms with Gasteiger partial charge < -0.3 is 5.73 Å². The van der Waals surface area contributed by atoms with E-state index in [0.717, 1.165) is 23.1 Å². The summed E-state index contributed by atoms with van der Waals surface area (Å²) in [6.45, 7) is 2.58. The molecule has 0 aliphatic carbocycles. The van der Waals surface area contributed by atoms with Gasteiger partial charge in [0, 0.05) is 18.5 Å². The van der Waals surface area contributed by atoms with Crippen LogP contribution in [-0.4, -0.2) is 5.78 Å². The summed E-state index contributed by atoms with van der Waals surface area (Å²) in [5.74, 6) is 0.142. The number of Topliss-reactive ketones (excluding diaryl/α,β-unsaturated/α-hetero) is 1. The molecule has 0 saturated heterocycles. The lowest BCUT2D eigenvalue weighted by Gasteiger charge is -2.07. The topological polar surface area (TPSA) is 43.1 Å². The number of hydrogen-bond donors (Lipinski definition) is 1. The van der Waals surface area contributed by atoms with Crippen LogP contribution in [0.1, 0.15) is 34.0 Å². The van der Waals surface area contributed by atoms with Crippen LogP contribution in [0.15, 0.2) is 48.5 Å². The van der Waals surface area contributed by atoms with Crippen LogP contribution in [0.5, 0.6) is 0 Å². The summed E-state index contributed by atoms with van der Waals surface area (Å²) in [7, 11) is 0. The second kappa shape index (κ2) is 6.30. The van der Waals surface area contributed by atoms with Crippen molar-refractivity contribution >= 4 is 5.78 Å². The van der Waals surface area contributed by atoms with E-state index in [1.807, 2.05) is 48.5 Å². The van der Waals surface area contributed by atoms with E-state index in [2.05, 4.69) is 6.92 Å². The van der Waals surface area contributed by atoms with E-state index >= 15 is 0 Å². The molecule has 0 aliphatic rings.